The number of sulfone groups is 1. The lowest BCUT2D eigenvalue weighted by Crippen LogP contribution is -2.38. The maximum atomic E-state index is 12.8. The highest BCUT2D eigenvalue weighted by Gasteiger charge is 2.24. The van der Waals surface area contributed by atoms with E-state index in [1.54, 1.807) is 47.5 Å². The number of allylic oxidation sites excluding steroid dienone is 1. The van der Waals surface area contributed by atoms with Crippen molar-refractivity contribution in [2.75, 3.05) is 18.8 Å². The Labute approximate surface area is 193 Å². The summed E-state index contributed by atoms with van der Waals surface area (Å²) in [7, 11) is -1.59. The van der Waals surface area contributed by atoms with Crippen molar-refractivity contribution >= 4 is 44.2 Å². The fourth-order valence-electron chi connectivity index (χ4n) is 3.99. The van der Waals surface area contributed by atoms with E-state index < -0.39 is 9.84 Å². The number of likely N-dealkylation sites (tertiary alicyclic amines) is 1. The molecule has 32 heavy (non-hydrogen) atoms. The molecule has 1 fully saturated rings. The van der Waals surface area contributed by atoms with E-state index in [9.17, 15) is 13.2 Å². The number of nitrogens with zero attached hydrogens (tertiary/aromatic N) is 3. The summed E-state index contributed by atoms with van der Waals surface area (Å²) in [5, 5.41) is 2.30. The van der Waals surface area contributed by atoms with Crippen molar-refractivity contribution in [1.29, 1.82) is 0 Å². The molecule has 8 heteroatoms. The van der Waals surface area contributed by atoms with Gasteiger partial charge in [0.05, 0.1) is 10.6 Å². The number of aryl methyl sites for hydroxylation is 1. The number of fused-ring (bicyclic) bond motifs is 1. The van der Waals surface area contributed by atoms with Gasteiger partial charge in [0.1, 0.15) is 5.82 Å². The number of carbonyl (C=O) groups excluding carboxylic acids is 1. The predicted octanol–water partition coefficient (Wildman–Crippen LogP) is 4.34. The van der Waals surface area contributed by atoms with Gasteiger partial charge in [-0.05, 0) is 59.9 Å². The van der Waals surface area contributed by atoms with Gasteiger partial charge in [-0.1, -0.05) is 29.8 Å². The molecule has 0 N–H and O–H groups in total. The third-order valence-corrected chi connectivity index (χ3v) is 7.93. The SMILES string of the molecule is Cn1ccnc1/C=C\C1CCN(C(=O)CCS(=O)(=O)c2ccc3cc(Cl)ccc3c2)CC1. The van der Waals surface area contributed by atoms with Crippen molar-refractivity contribution in [2.24, 2.45) is 13.0 Å². The van der Waals surface area contributed by atoms with Crippen LogP contribution >= 0.6 is 11.6 Å². The molecular formula is C24H26ClN3O3S. The van der Waals surface area contributed by atoms with Crippen LogP contribution in [0.5, 0.6) is 0 Å². The van der Waals surface area contributed by atoms with Crippen LogP contribution in [-0.2, 0) is 21.7 Å². The van der Waals surface area contributed by atoms with E-state index in [0.29, 0.717) is 24.0 Å². The van der Waals surface area contributed by atoms with Crippen LogP contribution in [0.15, 0.2) is 59.8 Å². The summed E-state index contributed by atoms with van der Waals surface area (Å²) < 4.78 is 27.5. The van der Waals surface area contributed by atoms with Gasteiger partial charge in [0.15, 0.2) is 9.84 Å². The fourth-order valence-corrected chi connectivity index (χ4v) is 5.43. The molecule has 6 nitrogen and oxygen atoms in total. The maximum Gasteiger partial charge on any atom is 0.223 e. The average Bonchev–Trinajstić information content (AvgIpc) is 3.20. The zero-order valence-corrected chi connectivity index (χ0v) is 19.5. The molecule has 0 radical (unpaired) electrons. The van der Waals surface area contributed by atoms with Crippen LogP contribution in [0.25, 0.3) is 16.8 Å². The number of imidazole rings is 1. The number of hydrogen-bond donors (Lipinski definition) is 0. The van der Waals surface area contributed by atoms with Gasteiger partial charge < -0.3 is 9.47 Å². The first kappa shape index (κ1) is 22.6. The Morgan fingerprint density at radius 2 is 1.88 bits per heavy atom. The molecule has 0 saturated carbocycles. The van der Waals surface area contributed by atoms with Crippen molar-refractivity contribution in [3.8, 4) is 0 Å². The minimum atomic E-state index is -3.55. The topological polar surface area (TPSA) is 72.3 Å². The molecule has 1 aromatic heterocycles. The Hall–Kier alpha value is -2.64. The number of amides is 1. The fraction of sp³-hybridized carbons (Fsp3) is 0.333. The summed E-state index contributed by atoms with van der Waals surface area (Å²) in [5.74, 6) is 1.01. The van der Waals surface area contributed by atoms with E-state index in [0.717, 1.165) is 29.4 Å². The average molecular weight is 472 g/mol. The van der Waals surface area contributed by atoms with E-state index in [-0.39, 0.29) is 23.0 Å². The molecule has 0 atom stereocenters. The van der Waals surface area contributed by atoms with Crippen molar-refractivity contribution < 1.29 is 13.2 Å². The number of hydrogen-bond acceptors (Lipinski definition) is 4. The molecule has 2 aromatic carbocycles. The molecule has 0 bridgehead atoms. The summed E-state index contributed by atoms with van der Waals surface area (Å²) in [6.07, 6.45) is 9.58. The van der Waals surface area contributed by atoms with Crippen LogP contribution in [0, 0.1) is 5.92 Å². The Morgan fingerprint density at radius 3 is 2.59 bits per heavy atom. The zero-order valence-electron chi connectivity index (χ0n) is 17.9. The van der Waals surface area contributed by atoms with E-state index >= 15 is 0 Å². The second-order valence-electron chi connectivity index (χ2n) is 8.20. The molecular weight excluding hydrogens is 446 g/mol. The van der Waals surface area contributed by atoms with Crippen LogP contribution in [0.3, 0.4) is 0 Å². The summed E-state index contributed by atoms with van der Waals surface area (Å²) in [6, 6.07) is 10.3. The summed E-state index contributed by atoms with van der Waals surface area (Å²) in [6.45, 7) is 1.29. The summed E-state index contributed by atoms with van der Waals surface area (Å²) in [4.78, 5) is 18.9. The predicted molar refractivity (Wildman–Crippen MR) is 127 cm³/mol. The molecule has 0 unspecified atom stereocenters. The van der Waals surface area contributed by atoms with E-state index in [1.165, 1.54) is 0 Å². The van der Waals surface area contributed by atoms with Crippen molar-refractivity contribution in [3.05, 3.63) is 65.7 Å². The lowest BCUT2D eigenvalue weighted by atomic mass is 9.96. The van der Waals surface area contributed by atoms with Gasteiger partial charge in [0.2, 0.25) is 5.91 Å². The third-order valence-electron chi connectivity index (χ3n) is 5.99. The van der Waals surface area contributed by atoms with E-state index in [4.69, 9.17) is 11.6 Å². The molecule has 3 aromatic rings. The highest BCUT2D eigenvalue weighted by molar-refractivity contribution is 7.91. The Bertz CT molecular complexity index is 1260. The van der Waals surface area contributed by atoms with Crippen molar-refractivity contribution in [2.45, 2.75) is 24.2 Å². The second kappa shape index (κ2) is 9.46. The highest BCUT2D eigenvalue weighted by atomic mass is 35.5. The quantitative estimate of drug-likeness (QED) is 0.536. The van der Waals surface area contributed by atoms with Gasteiger partial charge in [0, 0.05) is 44.0 Å². The van der Waals surface area contributed by atoms with Gasteiger partial charge in [0.25, 0.3) is 0 Å². The maximum absolute atomic E-state index is 12.8. The van der Waals surface area contributed by atoms with Gasteiger partial charge in [-0.25, -0.2) is 13.4 Å². The molecule has 0 spiro atoms. The highest BCUT2D eigenvalue weighted by Crippen LogP contribution is 2.24. The van der Waals surface area contributed by atoms with Crippen molar-refractivity contribution in [1.82, 2.24) is 14.5 Å². The molecule has 2 heterocycles. The van der Waals surface area contributed by atoms with Crippen LogP contribution < -0.4 is 0 Å². The van der Waals surface area contributed by atoms with Crippen LogP contribution in [-0.4, -0.2) is 47.6 Å². The van der Waals surface area contributed by atoms with Crippen LogP contribution in [0.2, 0.25) is 5.02 Å². The first-order chi connectivity index (χ1) is 15.3. The molecule has 4 rings (SSSR count). The first-order valence-electron chi connectivity index (χ1n) is 10.7. The lowest BCUT2D eigenvalue weighted by Gasteiger charge is -2.30. The minimum Gasteiger partial charge on any atom is -0.343 e. The number of halogens is 1. The summed E-state index contributed by atoms with van der Waals surface area (Å²) in [5.41, 5.74) is 0. The number of carbonyl (C=O) groups is 1. The number of rotatable bonds is 6. The molecule has 0 aliphatic carbocycles. The molecule has 1 amide bonds. The molecule has 1 saturated heterocycles. The monoisotopic (exact) mass is 471 g/mol. The largest absolute Gasteiger partial charge is 0.343 e. The number of aromatic nitrogens is 2. The standard InChI is InChI=1S/C24H26ClN3O3S/c1-27-14-11-26-23(27)7-2-18-8-12-28(13-9-18)24(29)10-15-32(30,31)22-6-4-19-16-21(25)5-3-20(19)17-22/h2-7,11,14,16-18H,8-10,12-13,15H2,1H3/b7-2-. The van der Waals surface area contributed by atoms with Gasteiger partial charge in [-0.3, -0.25) is 4.79 Å². The molecule has 1 aliphatic heterocycles. The lowest BCUT2D eigenvalue weighted by molar-refractivity contribution is -0.131. The number of piperidine rings is 1. The normalized spacial score (nSPS) is 15.6. The summed E-state index contributed by atoms with van der Waals surface area (Å²) >= 11 is 5.99. The van der Waals surface area contributed by atoms with Crippen LogP contribution in [0.1, 0.15) is 25.1 Å². The third kappa shape index (κ3) is 5.22. The molecule has 168 valence electrons. The Balaban J connectivity index is 1.31. The minimum absolute atomic E-state index is 0.00519. The van der Waals surface area contributed by atoms with Crippen LogP contribution in [0.4, 0.5) is 0 Å². The Kier molecular flexibility index (Phi) is 6.67. The van der Waals surface area contributed by atoms with Crippen molar-refractivity contribution in [3.63, 3.8) is 0 Å². The second-order valence-corrected chi connectivity index (χ2v) is 10.7. The number of benzene rings is 2. The van der Waals surface area contributed by atoms with E-state index in [2.05, 4.69) is 11.1 Å². The van der Waals surface area contributed by atoms with Gasteiger partial charge >= 0.3 is 0 Å². The zero-order chi connectivity index (χ0) is 22.7. The van der Waals surface area contributed by atoms with E-state index in [1.807, 2.05) is 23.9 Å². The first-order valence-corrected chi connectivity index (χ1v) is 12.7. The Morgan fingerprint density at radius 1 is 1.16 bits per heavy atom. The van der Waals surface area contributed by atoms with Gasteiger partial charge in [-0.15, -0.1) is 0 Å². The smallest absolute Gasteiger partial charge is 0.223 e. The van der Waals surface area contributed by atoms with Gasteiger partial charge in [-0.2, -0.15) is 0 Å². The molecule has 1 aliphatic rings.